The van der Waals surface area contributed by atoms with E-state index in [4.69, 9.17) is 18.6 Å². The fourth-order valence-corrected chi connectivity index (χ4v) is 4.11. The van der Waals surface area contributed by atoms with Crippen LogP contribution < -0.4 is 4.43 Å². The van der Waals surface area contributed by atoms with Gasteiger partial charge < -0.3 is 28.8 Å². The summed E-state index contributed by atoms with van der Waals surface area (Å²) in [6.45, 7) is 12.9. The molecule has 0 aliphatic carbocycles. The maximum absolute atomic E-state index is 11.5. The van der Waals surface area contributed by atoms with Crippen LogP contribution in [0, 0.1) is 0 Å². The topological polar surface area (TPSA) is 112 Å². The molecular weight excluding hydrogens is 420 g/mol. The van der Waals surface area contributed by atoms with Crippen molar-refractivity contribution in [1.82, 2.24) is 0 Å². The van der Waals surface area contributed by atoms with Gasteiger partial charge in [0.25, 0.3) is 0 Å². The van der Waals surface area contributed by atoms with E-state index in [2.05, 4.69) is 33.9 Å². The second kappa shape index (κ2) is 9.68. The molecule has 8 nitrogen and oxygen atoms in total. The van der Waals surface area contributed by atoms with Crippen LogP contribution in [0.25, 0.3) is 0 Å². The molecule has 0 radical (unpaired) electrons. The van der Waals surface area contributed by atoms with Gasteiger partial charge in [0.2, 0.25) is 8.32 Å². The zero-order valence-corrected chi connectivity index (χ0v) is 20.2. The first-order valence-corrected chi connectivity index (χ1v) is 13.2. The van der Waals surface area contributed by atoms with E-state index in [1.165, 1.54) is 13.8 Å². The van der Waals surface area contributed by atoms with Crippen molar-refractivity contribution in [3.63, 3.8) is 0 Å². The van der Waals surface area contributed by atoms with Crippen LogP contribution in [-0.4, -0.2) is 61.5 Å². The number of aliphatic hydroxyl groups excluding tert-OH is 2. The molecule has 9 heteroatoms. The lowest BCUT2D eigenvalue weighted by molar-refractivity contribution is -0.242. The van der Waals surface area contributed by atoms with Gasteiger partial charge in [-0.3, -0.25) is 9.59 Å². The Hall–Kier alpha value is -1.94. The largest absolute Gasteiger partial charge is 0.543 e. The first-order valence-electron chi connectivity index (χ1n) is 10.3. The highest BCUT2D eigenvalue weighted by Gasteiger charge is 2.47. The Labute approximate surface area is 184 Å². The van der Waals surface area contributed by atoms with Crippen LogP contribution >= 0.6 is 0 Å². The molecule has 1 aromatic rings. The molecule has 0 unspecified atom stereocenters. The van der Waals surface area contributed by atoms with Crippen LogP contribution in [0.15, 0.2) is 24.3 Å². The molecule has 1 aliphatic heterocycles. The van der Waals surface area contributed by atoms with E-state index in [0.29, 0.717) is 11.3 Å². The molecule has 174 valence electrons. The number of esters is 2. The maximum atomic E-state index is 11.5. The second-order valence-corrected chi connectivity index (χ2v) is 14.1. The van der Waals surface area contributed by atoms with Gasteiger partial charge in [0.05, 0.1) is 0 Å². The third kappa shape index (κ3) is 6.28. The van der Waals surface area contributed by atoms with E-state index in [0.717, 1.165) is 0 Å². The van der Waals surface area contributed by atoms with Crippen molar-refractivity contribution in [2.45, 2.75) is 83.3 Å². The molecule has 2 N–H and O–H groups in total. The molecule has 31 heavy (non-hydrogen) atoms. The van der Waals surface area contributed by atoms with Gasteiger partial charge in [-0.05, 0) is 35.8 Å². The van der Waals surface area contributed by atoms with E-state index in [9.17, 15) is 19.8 Å². The molecule has 2 rings (SSSR count). The highest BCUT2D eigenvalue weighted by Crippen LogP contribution is 2.39. The summed E-state index contributed by atoms with van der Waals surface area (Å²) in [7, 11) is -2.08. The van der Waals surface area contributed by atoms with Crippen molar-refractivity contribution < 1.29 is 38.4 Å². The zero-order chi connectivity index (χ0) is 23.6. The van der Waals surface area contributed by atoms with Gasteiger partial charge >= 0.3 is 11.9 Å². The van der Waals surface area contributed by atoms with Crippen LogP contribution in [0.1, 0.15) is 46.3 Å². The molecule has 0 aromatic heterocycles. The third-order valence-electron chi connectivity index (χ3n) is 5.80. The SMILES string of the molecule is CC(=O)OC[C@H]1O[C@H](c2cccc(O[Si](C)(C)C(C)(C)C)c2)[C@@H](O)[C@@H](O)[C@H]1OC(C)=O. The van der Waals surface area contributed by atoms with Crippen LogP contribution in [0.2, 0.25) is 18.1 Å². The lowest BCUT2D eigenvalue weighted by Crippen LogP contribution is -2.57. The summed E-state index contributed by atoms with van der Waals surface area (Å²) < 4.78 is 22.5. The van der Waals surface area contributed by atoms with E-state index >= 15 is 0 Å². The summed E-state index contributed by atoms with van der Waals surface area (Å²) in [5, 5.41) is 21.4. The Morgan fingerprint density at radius 3 is 2.29 bits per heavy atom. The van der Waals surface area contributed by atoms with E-state index in [-0.39, 0.29) is 11.6 Å². The number of aliphatic hydroxyl groups is 2. The number of carbonyl (C=O) groups is 2. The molecule has 1 aromatic carbocycles. The Kier molecular flexibility index (Phi) is 7.91. The Morgan fingerprint density at radius 1 is 1.10 bits per heavy atom. The first kappa shape index (κ1) is 25.3. The van der Waals surface area contributed by atoms with Gasteiger partial charge in [-0.25, -0.2) is 0 Å². The molecule has 1 heterocycles. The second-order valence-electron chi connectivity index (χ2n) is 9.39. The van der Waals surface area contributed by atoms with Crippen LogP contribution in [0.5, 0.6) is 5.75 Å². The first-order chi connectivity index (χ1) is 14.2. The summed E-state index contributed by atoms with van der Waals surface area (Å²) >= 11 is 0. The van der Waals surface area contributed by atoms with Gasteiger partial charge in [-0.15, -0.1) is 0 Å². The van der Waals surface area contributed by atoms with Gasteiger partial charge in [-0.1, -0.05) is 32.9 Å². The predicted octanol–water partition coefficient (Wildman–Crippen LogP) is 2.73. The van der Waals surface area contributed by atoms with Gasteiger partial charge in [-0.2, -0.15) is 0 Å². The van der Waals surface area contributed by atoms with E-state index in [1.54, 1.807) is 18.2 Å². The standard InChI is InChI=1S/C22H34O8Si/c1-13(23)27-12-17-21(28-14(2)24)19(26)18(25)20(29-17)15-9-8-10-16(11-15)30-31(6,7)22(3,4)5/h8-11,17-21,25-26H,12H2,1-7H3/t17-,18+,19-,20-,21+/m1/s1. The molecule has 0 spiro atoms. The van der Waals surface area contributed by atoms with E-state index in [1.807, 2.05) is 6.07 Å². The Morgan fingerprint density at radius 2 is 1.74 bits per heavy atom. The fourth-order valence-electron chi connectivity index (χ4n) is 3.09. The number of ether oxygens (including phenoxy) is 3. The van der Waals surface area contributed by atoms with E-state index < -0.39 is 50.8 Å². The van der Waals surface area contributed by atoms with Crippen molar-refractivity contribution in [3.05, 3.63) is 29.8 Å². The Balaban J connectivity index is 2.30. The monoisotopic (exact) mass is 454 g/mol. The predicted molar refractivity (Wildman–Crippen MR) is 116 cm³/mol. The maximum Gasteiger partial charge on any atom is 0.303 e. The fraction of sp³-hybridized carbons (Fsp3) is 0.636. The van der Waals surface area contributed by atoms with Crippen molar-refractivity contribution in [3.8, 4) is 5.75 Å². The third-order valence-corrected chi connectivity index (χ3v) is 10.2. The average Bonchev–Trinajstić information content (AvgIpc) is 2.63. The summed E-state index contributed by atoms with van der Waals surface area (Å²) in [5.41, 5.74) is 0.594. The number of hydrogen-bond acceptors (Lipinski definition) is 8. The van der Waals surface area contributed by atoms with Crippen molar-refractivity contribution >= 4 is 20.3 Å². The van der Waals surface area contributed by atoms with Crippen molar-refractivity contribution in [1.29, 1.82) is 0 Å². The lowest BCUT2D eigenvalue weighted by atomic mass is 9.91. The highest BCUT2D eigenvalue weighted by atomic mass is 28.4. The summed E-state index contributed by atoms with van der Waals surface area (Å²) in [6.07, 6.45) is -5.82. The molecule has 0 bridgehead atoms. The van der Waals surface area contributed by atoms with Gasteiger partial charge in [0, 0.05) is 13.8 Å². The van der Waals surface area contributed by atoms with Crippen LogP contribution in [0.4, 0.5) is 0 Å². The molecule has 1 aliphatic rings. The van der Waals surface area contributed by atoms with Crippen LogP contribution in [-0.2, 0) is 23.8 Å². The number of hydrogen-bond donors (Lipinski definition) is 2. The number of rotatable bonds is 6. The van der Waals surface area contributed by atoms with Crippen molar-refractivity contribution in [2.24, 2.45) is 0 Å². The van der Waals surface area contributed by atoms with Crippen molar-refractivity contribution in [2.75, 3.05) is 6.61 Å². The van der Waals surface area contributed by atoms with Gasteiger partial charge in [0.15, 0.2) is 6.10 Å². The minimum absolute atomic E-state index is 0.00637. The number of benzene rings is 1. The summed E-state index contributed by atoms with van der Waals surface area (Å²) in [4.78, 5) is 22.7. The molecular formula is C22H34O8Si. The summed E-state index contributed by atoms with van der Waals surface area (Å²) in [5.74, 6) is -0.531. The molecule has 1 saturated heterocycles. The Bertz CT molecular complexity index is 788. The minimum Gasteiger partial charge on any atom is -0.543 e. The summed E-state index contributed by atoms with van der Waals surface area (Å²) in [6, 6.07) is 7.16. The number of carbonyl (C=O) groups excluding carboxylic acids is 2. The average molecular weight is 455 g/mol. The molecule has 1 fully saturated rings. The zero-order valence-electron chi connectivity index (χ0n) is 19.2. The molecule has 0 saturated carbocycles. The smallest absolute Gasteiger partial charge is 0.303 e. The van der Waals surface area contributed by atoms with Crippen LogP contribution in [0.3, 0.4) is 0 Å². The minimum atomic E-state index is -2.08. The lowest BCUT2D eigenvalue weighted by Gasteiger charge is -2.42. The highest BCUT2D eigenvalue weighted by molar-refractivity contribution is 6.74. The molecule has 5 atom stereocenters. The normalized spacial score (nSPS) is 26.8. The van der Waals surface area contributed by atoms with Gasteiger partial charge in [0.1, 0.15) is 36.8 Å². The quantitative estimate of drug-likeness (QED) is 0.499. The molecule has 0 amide bonds.